The molecule has 0 radical (unpaired) electrons. The minimum Gasteiger partial charge on any atom is -0.424 e. The summed E-state index contributed by atoms with van der Waals surface area (Å²) in [5, 5.41) is 0.0332. The molecule has 2 rings (SSSR count). The molecule has 1 aromatic carbocycles. The van der Waals surface area contributed by atoms with Crippen molar-refractivity contribution in [1.82, 2.24) is 15.0 Å². The van der Waals surface area contributed by atoms with Crippen molar-refractivity contribution in [2.24, 2.45) is 0 Å². The van der Waals surface area contributed by atoms with Gasteiger partial charge in [0.1, 0.15) is 11.6 Å². The molecule has 0 N–H and O–H groups in total. The van der Waals surface area contributed by atoms with Crippen molar-refractivity contribution in [3.8, 4) is 11.8 Å². The SMILES string of the molecule is CN(C)c1nc(Cl)nc(Oc2ccc(F)cc2)n1. The highest BCUT2D eigenvalue weighted by atomic mass is 35.5. The van der Waals surface area contributed by atoms with Gasteiger partial charge in [-0.25, -0.2) is 4.39 Å². The predicted octanol–water partition coefficient (Wildman–Crippen LogP) is 2.52. The van der Waals surface area contributed by atoms with E-state index < -0.39 is 0 Å². The Balaban J connectivity index is 2.26. The third-order valence-electron chi connectivity index (χ3n) is 2.00. The van der Waals surface area contributed by atoms with Gasteiger partial charge in [-0.1, -0.05) is 0 Å². The molecule has 0 fully saturated rings. The van der Waals surface area contributed by atoms with Gasteiger partial charge in [-0.3, -0.25) is 0 Å². The van der Waals surface area contributed by atoms with Gasteiger partial charge < -0.3 is 9.64 Å². The van der Waals surface area contributed by atoms with E-state index in [2.05, 4.69) is 15.0 Å². The molecule has 0 spiro atoms. The molecule has 2 aromatic rings. The fourth-order valence-corrected chi connectivity index (χ4v) is 1.32. The standard InChI is InChI=1S/C11H10ClFN4O/c1-17(2)10-14-9(12)15-11(16-10)18-8-5-3-7(13)4-6-8/h3-6H,1-2H3. The highest BCUT2D eigenvalue weighted by molar-refractivity contribution is 6.28. The smallest absolute Gasteiger partial charge is 0.328 e. The van der Waals surface area contributed by atoms with Gasteiger partial charge in [0.05, 0.1) is 0 Å². The summed E-state index contributed by atoms with van der Waals surface area (Å²) >= 11 is 5.76. The second-order valence-corrected chi connectivity index (χ2v) is 3.98. The van der Waals surface area contributed by atoms with Crippen LogP contribution in [0.25, 0.3) is 0 Å². The van der Waals surface area contributed by atoms with E-state index in [-0.39, 0.29) is 17.1 Å². The Kier molecular flexibility index (Phi) is 3.57. The number of halogens is 2. The average molecular weight is 269 g/mol. The zero-order chi connectivity index (χ0) is 13.1. The summed E-state index contributed by atoms with van der Waals surface area (Å²) in [5.41, 5.74) is 0. The number of ether oxygens (including phenoxy) is 1. The quantitative estimate of drug-likeness (QED) is 0.856. The molecule has 94 valence electrons. The van der Waals surface area contributed by atoms with Crippen LogP contribution in [-0.2, 0) is 0 Å². The molecular formula is C11H10ClFN4O. The molecule has 7 heteroatoms. The van der Waals surface area contributed by atoms with Crippen molar-refractivity contribution < 1.29 is 9.13 Å². The third-order valence-corrected chi connectivity index (χ3v) is 2.17. The molecule has 0 aliphatic rings. The fraction of sp³-hybridized carbons (Fsp3) is 0.182. The predicted molar refractivity (Wildman–Crippen MR) is 65.6 cm³/mol. The first kappa shape index (κ1) is 12.5. The first-order chi connectivity index (χ1) is 8.54. The van der Waals surface area contributed by atoms with Gasteiger partial charge in [0.25, 0.3) is 0 Å². The molecule has 18 heavy (non-hydrogen) atoms. The highest BCUT2D eigenvalue weighted by Gasteiger charge is 2.08. The topological polar surface area (TPSA) is 51.1 Å². The molecule has 0 atom stereocenters. The number of aromatic nitrogens is 3. The summed E-state index contributed by atoms with van der Waals surface area (Å²) in [4.78, 5) is 13.5. The minimum atomic E-state index is -0.343. The van der Waals surface area contributed by atoms with Crippen LogP contribution in [0, 0.1) is 5.82 Å². The molecule has 0 bridgehead atoms. The molecule has 5 nitrogen and oxygen atoms in total. The van der Waals surface area contributed by atoms with Crippen molar-refractivity contribution in [3.63, 3.8) is 0 Å². The molecule has 0 amide bonds. The lowest BCUT2D eigenvalue weighted by Gasteiger charge is -2.11. The summed E-state index contributed by atoms with van der Waals surface area (Å²) in [7, 11) is 3.54. The van der Waals surface area contributed by atoms with E-state index in [0.29, 0.717) is 11.7 Å². The van der Waals surface area contributed by atoms with Gasteiger partial charge in [0.15, 0.2) is 0 Å². The van der Waals surface area contributed by atoms with E-state index in [0.717, 1.165) is 0 Å². The normalized spacial score (nSPS) is 10.2. The Morgan fingerprint density at radius 1 is 1.11 bits per heavy atom. The lowest BCUT2D eigenvalue weighted by atomic mass is 10.3. The Morgan fingerprint density at radius 2 is 1.78 bits per heavy atom. The summed E-state index contributed by atoms with van der Waals surface area (Å²) in [6.45, 7) is 0. The second-order valence-electron chi connectivity index (χ2n) is 3.64. The third kappa shape index (κ3) is 3.04. The Hall–Kier alpha value is -1.95. The van der Waals surface area contributed by atoms with Crippen LogP contribution < -0.4 is 9.64 Å². The Labute approximate surface area is 108 Å². The molecule has 1 aromatic heterocycles. The summed E-state index contributed by atoms with van der Waals surface area (Å²) in [6, 6.07) is 5.58. The monoisotopic (exact) mass is 268 g/mol. The summed E-state index contributed by atoms with van der Waals surface area (Å²) in [5.74, 6) is 0.459. The van der Waals surface area contributed by atoms with E-state index >= 15 is 0 Å². The van der Waals surface area contributed by atoms with Gasteiger partial charge in [0, 0.05) is 14.1 Å². The molecule has 0 saturated carbocycles. The number of benzene rings is 1. The van der Waals surface area contributed by atoms with Crippen LogP contribution in [0.5, 0.6) is 11.8 Å². The fourth-order valence-electron chi connectivity index (χ4n) is 1.18. The van der Waals surface area contributed by atoms with Crippen molar-refractivity contribution in [3.05, 3.63) is 35.4 Å². The average Bonchev–Trinajstić information content (AvgIpc) is 2.31. The van der Waals surface area contributed by atoms with Crippen LogP contribution >= 0.6 is 11.6 Å². The Bertz CT molecular complexity index is 547. The van der Waals surface area contributed by atoms with Crippen LogP contribution in [0.4, 0.5) is 10.3 Å². The molecule has 0 aliphatic carbocycles. The zero-order valence-electron chi connectivity index (χ0n) is 9.76. The van der Waals surface area contributed by atoms with E-state index in [4.69, 9.17) is 16.3 Å². The van der Waals surface area contributed by atoms with Crippen molar-refractivity contribution in [2.75, 3.05) is 19.0 Å². The maximum atomic E-state index is 12.7. The van der Waals surface area contributed by atoms with E-state index in [1.807, 2.05) is 0 Å². The van der Waals surface area contributed by atoms with Gasteiger partial charge in [-0.15, -0.1) is 0 Å². The minimum absolute atomic E-state index is 0.0332. The zero-order valence-corrected chi connectivity index (χ0v) is 10.5. The van der Waals surface area contributed by atoms with Crippen molar-refractivity contribution in [1.29, 1.82) is 0 Å². The van der Waals surface area contributed by atoms with E-state index in [1.54, 1.807) is 19.0 Å². The number of hydrogen-bond donors (Lipinski definition) is 0. The molecule has 0 unspecified atom stereocenters. The van der Waals surface area contributed by atoms with Crippen molar-refractivity contribution >= 4 is 17.5 Å². The van der Waals surface area contributed by atoms with E-state index in [1.165, 1.54) is 24.3 Å². The number of rotatable bonds is 3. The molecule has 1 heterocycles. The van der Waals surface area contributed by atoms with Crippen LogP contribution in [0.2, 0.25) is 5.28 Å². The number of hydrogen-bond acceptors (Lipinski definition) is 5. The van der Waals surface area contributed by atoms with Crippen LogP contribution in [-0.4, -0.2) is 29.0 Å². The van der Waals surface area contributed by atoms with E-state index in [9.17, 15) is 4.39 Å². The van der Waals surface area contributed by atoms with Gasteiger partial charge >= 0.3 is 6.01 Å². The lowest BCUT2D eigenvalue weighted by Crippen LogP contribution is -2.13. The second kappa shape index (κ2) is 5.14. The van der Waals surface area contributed by atoms with Gasteiger partial charge in [-0.05, 0) is 35.9 Å². The summed E-state index contributed by atoms with van der Waals surface area (Å²) in [6.07, 6.45) is 0. The van der Waals surface area contributed by atoms with Crippen molar-refractivity contribution in [2.45, 2.75) is 0 Å². The van der Waals surface area contributed by atoms with Crippen LogP contribution in [0.15, 0.2) is 24.3 Å². The van der Waals surface area contributed by atoms with Crippen LogP contribution in [0.3, 0.4) is 0 Å². The maximum Gasteiger partial charge on any atom is 0.328 e. The molecular weight excluding hydrogens is 259 g/mol. The largest absolute Gasteiger partial charge is 0.424 e. The van der Waals surface area contributed by atoms with Gasteiger partial charge in [-0.2, -0.15) is 15.0 Å². The summed E-state index contributed by atoms with van der Waals surface area (Å²) < 4.78 is 18.1. The first-order valence-electron chi connectivity index (χ1n) is 5.07. The number of nitrogens with zero attached hydrogens (tertiary/aromatic N) is 4. The van der Waals surface area contributed by atoms with Crippen LogP contribution in [0.1, 0.15) is 0 Å². The van der Waals surface area contributed by atoms with Gasteiger partial charge in [0.2, 0.25) is 11.2 Å². The molecule has 0 aliphatic heterocycles. The number of anilines is 1. The lowest BCUT2D eigenvalue weighted by molar-refractivity contribution is 0.438. The highest BCUT2D eigenvalue weighted by Crippen LogP contribution is 2.20. The Morgan fingerprint density at radius 3 is 2.39 bits per heavy atom. The molecule has 0 saturated heterocycles. The first-order valence-corrected chi connectivity index (χ1v) is 5.45. The maximum absolute atomic E-state index is 12.7.